The van der Waals surface area contributed by atoms with E-state index in [1.807, 2.05) is 0 Å². The molecule has 0 atom stereocenters. The lowest BCUT2D eigenvalue weighted by molar-refractivity contribution is -0.136. The van der Waals surface area contributed by atoms with Gasteiger partial charge in [0.15, 0.2) is 0 Å². The second-order valence-corrected chi connectivity index (χ2v) is 5.47. The lowest BCUT2D eigenvalue weighted by atomic mass is 10.1. The van der Waals surface area contributed by atoms with Gasteiger partial charge in [0.25, 0.3) is 5.91 Å². The molecular weight excluding hydrogens is 336 g/mol. The third-order valence-electron chi connectivity index (χ3n) is 3.62. The number of anilines is 1. The highest BCUT2D eigenvalue weighted by atomic mass is 19.4. The third kappa shape index (κ3) is 3.45. The maximum Gasteiger partial charge on any atom is 0.418 e. The summed E-state index contributed by atoms with van der Waals surface area (Å²) < 4.78 is 52.7. The Morgan fingerprint density at radius 1 is 1.08 bits per heavy atom. The Morgan fingerprint density at radius 2 is 1.80 bits per heavy atom. The molecule has 2 aromatic carbocycles. The first-order chi connectivity index (χ1) is 11.8. The van der Waals surface area contributed by atoms with E-state index in [0.29, 0.717) is 11.2 Å². The molecule has 0 fully saturated rings. The molecule has 1 aromatic heterocycles. The minimum absolute atomic E-state index is 0.0546. The quantitative estimate of drug-likeness (QED) is 0.666. The third-order valence-corrected chi connectivity index (χ3v) is 3.62. The molecule has 3 rings (SSSR count). The van der Waals surface area contributed by atoms with Crippen molar-refractivity contribution >= 4 is 22.5 Å². The number of rotatable bonds is 2. The van der Waals surface area contributed by atoms with Crippen LogP contribution in [-0.4, -0.2) is 10.9 Å². The van der Waals surface area contributed by atoms with Crippen LogP contribution < -0.4 is 5.32 Å². The Labute approximate surface area is 140 Å². The maximum absolute atomic E-state index is 13.5. The highest BCUT2D eigenvalue weighted by molar-refractivity contribution is 6.12. The summed E-state index contributed by atoms with van der Waals surface area (Å²) in [6, 6.07) is 9.83. The fraction of sp³-hybridized carbons (Fsp3) is 0.111. The van der Waals surface area contributed by atoms with Crippen molar-refractivity contribution in [3.05, 3.63) is 71.2 Å². The van der Waals surface area contributed by atoms with Crippen molar-refractivity contribution in [3.8, 4) is 0 Å². The summed E-state index contributed by atoms with van der Waals surface area (Å²) in [5.74, 6) is -1.33. The van der Waals surface area contributed by atoms with E-state index in [1.54, 1.807) is 6.92 Å². The van der Waals surface area contributed by atoms with Crippen LogP contribution in [0.5, 0.6) is 0 Å². The van der Waals surface area contributed by atoms with Crippen LogP contribution in [0, 0.1) is 12.7 Å². The number of alkyl halides is 3. The van der Waals surface area contributed by atoms with Crippen LogP contribution in [0.3, 0.4) is 0 Å². The number of nitrogens with zero attached hydrogens (tertiary/aromatic N) is 1. The predicted octanol–water partition coefficient (Wildman–Crippen LogP) is 4.95. The first kappa shape index (κ1) is 16.9. The zero-order chi connectivity index (χ0) is 18.2. The van der Waals surface area contributed by atoms with Gasteiger partial charge in [0.1, 0.15) is 5.82 Å². The number of aryl methyl sites for hydroxylation is 1. The topological polar surface area (TPSA) is 42.0 Å². The molecule has 7 heteroatoms. The summed E-state index contributed by atoms with van der Waals surface area (Å²) in [7, 11) is 0. The lowest BCUT2D eigenvalue weighted by Gasteiger charge is -2.14. The summed E-state index contributed by atoms with van der Waals surface area (Å²) in [5, 5.41) is 2.49. The van der Waals surface area contributed by atoms with Gasteiger partial charge < -0.3 is 5.32 Å². The number of pyridine rings is 1. The van der Waals surface area contributed by atoms with Gasteiger partial charge in [-0.15, -0.1) is 0 Å². The van der Waals surface area contributed by atoms with Gasteiger partial charge in [-0.05, 0) is 43.3 Å². The summed E-state index contributed by atoms with van der Waals surface area (Å²) in [4.78, 5) is 16.7. The smallest absolute Gasteiger partial charge is 0.321 e. The first-order valence-corrected chi connectivity index (χ1v) is 7.30. The van der Waals surface area contributed by atoms with Crippen molar-refractivity contribution in [2.75, 3.05) is 5.32 Å². The Kier molecular flexibility index (Phi) is 4.16. The van der Waals surface area contributed by atoms with Crippen LogP contribution >= 0.6 is 0 Å². The first-order valence-electron chi connectivity index (χ1n) is 7.30. The van der Waals surface area contributed by atoms with E-state index in [9.17, 15) is 22.4 Å². The van der Waals surface area contributed by atoms with Crippen LogP contribution in [0.1, 0.15) is 21.6 Å². The average Bonchev–Trinajstić information content (AvgIpc) is 2.54. The number of para-hydroxylation sites is 1. The number of halogens is 4. The molecule has 128 valence electrons. The monoisotopic (exact) mass is 348 g/mol. The lowest BCUT2D eigenvalue weighted by Crippen LogP contribution is -2.17. The van der Waals surface area contributed by atoms with Crippen LogP contribution in [0.4, 0.5) is 23.2 Å². The molecule has 0 aliphatic rings. The number of hydrogen-bond donors (Lipinski definition) is 1. The van der Waals surface area contributed by atoms with Crippen molar-refractivity contribution in [2.45, 2.75) is 13.1 Å². The van der Waals surface area contributed by atoms with Crippen LogP contribution in [0.15, 0.2) is 48.5 Å². The fourth-order valence-electron chi connectivity index (χ4n) is 2.55. The molecule has 0 saturated heterocycles. The molecule has 3 nitrogen and oxygen atoms in total. The molecule has 25 heavy (non-hydrogen) atoms. The zero-order valence-electron chi connectivity index (χ0n) is 13.0. The number of nitrogens with one attached hydrogen (secondary N) is 1. The molecule has 3 aromatic rings. The Bertz CT molecular complexity index is 967. The molecule has 0 saturated carbocycles. The van der Waals surface area contributed by atoms with Gasteiger partial charge >= 0.3 is 6.18 Å². The maximum atomic E-state index is 13.5. The minimum Gasteiger partial charge on any atom is -0.321 e. The van der Waals surface area contributed by atoms with Crippen molar-refractivity contribution in [1.82, 2.24) is 4.98 Å². The fourth-order valence-corrected chi connectivity index (χ4v) is 2.55. The number of carbonyl (C=O) groups is 1. The molecule has 0 bridgehead atoms. The molecule has 0 aliphatic carbocycles. The molecule has 0 radical (unpaired) electrons. The predicted molar refractivity (Wildman–Crippen MR) is 85.8 cm³/mol. The van der Waals surface area contributed by atoms with Gasteiger partial charge in [0, 0.05) is 11.1 Å². The van der Waals surface area contributed by atoms with Gasteiger partial charge in [-0.3, -0.25) is 9.78 Å². The van der Waals surface area contributed by atoms with E-state index in [0.717, 1.165) is 18.2 Å². The van der Waals surface area contributed by atoms with Crippen molar-refractivity contribution in [2.24, 2.45) is 0 Å². The second-order valence-electron chi connectivity index (χ2n) is 5.47. The van der Waals surface area contributed by atoms with Gasteiger partial charge in [-0.2, -0.15) is 13.2 Å². The second kappa shape index (κ2) is 6.16. The van der Waals surface area contributed by atoms with Crippen LogP contribution in [0.25, 0.3) is 10.9 Å². The zero-order valence-corrected chi connectivity index (χ0v) is 13.0. The van der Waals surface area contributed by atoms with E-state index in [-0.39, 0.29) is 16.6 Å². The number of benzene rings is 2. The van der Waals surface area contributed by atoms with Gasteiger partial charge in [-0.1, -0.05) is 12.1 Å². The molecule has 1 N–H and O–H groups in total. The van der Waals surface area contributed by atoms with Gasteiger partial charge in [-0.25, -0.2) is 4.39 Å². The van der Waals surface area contributed by atoms with Crippen molar-refractivity contribution < 1.29 is 22.4 Å². The Balaban J connectivity index is 2.06. The normalized spacial score (nSPS) is 11.6. The van der Waals surface area contributed by atoms with Crippen molar-refractivity contribution in [1.29, 1.82) is 0 Å². The highest BCUT2D eigenvalue weighted by Gasteiger charge is 2.33. The van der Waals surface area contributed by atoms with E-state index in [1.165, 1.54) is 30.3 Å². The summed E-state index contributed by atoms with van der Waals surface area (Å²) in [5.41, 5.74) is -0.383. The van der Waals surface area contributed by atoms with Gasteiger partial charge in [0.2, 0.25) is 0 Å². The van der Waals surface area contributed by atoms with E-state index < -0.39 is 23.5 Å². The summed E-state index contributed by atoms with van der Waals surface area (Å²) in [6.07, 6.45) is -4.60. The van der Waals surface area contributed by atoms with Crippen LogP contribution in [-0.2, 0) is 6.18 Å². The molecule has 0 unspecified atom stereocenters. The summed E-state index contributed by atoms with van der Waals surface area (Å²) >= 11 is 0. The largest absolute Gasteiger partial charge is 0.418 e. The van der Waals surface area contributed by atoms with E-state index in [4.69, 9.17) is 0 Å². The molecule has 0 spiro atoms. The minimum atomic E-state index is -4.60. The number of hydrogen-bond acceptors (Lipinski definition) is 2. The van der Waals surface area contributed by atoms with Crippen LogP contribution in [0.2, 0.25) is 0 Å². The molecular formula is C18H12F4N2O. The molecule has 0 aliphatic heterocycles. The number of aromatic nitrogens is 1. The number of fused-ring (bicyclic) bond motifs is 1. The SMILES string of the molecule is Cc1cc(C(=O)Nc2ccccc2C(F)(F)F)c2cc(F)ccc2n1. The Hall–Kier alpha value is -2.96. The molecule has 1 heterocycles. The average molecular weight is 348 g/mol. The van der Waals surface area contributed by atoms with E-state index in [2.05, 4.69) is 10.3 Å². The Morgan fingerprint density at radius 3 is 2.52 bits per heavy atom. The number of carbonyl (C=O) groups excluding carboxylic acids is 1. The van der Waals surface area contributed by atoms with E-state index >= 15 is 0 Å². The van der Waals surface area contributed by atoms with Gasteiger partial charge in [0.05, 0.1) is 22.3 Å². The number of amides is 1. The highest BCUT2D eigenvalue weighted by Crippen LogP contribution is 2.35. The summed E-state index contributed by atoms with van der Waals surface area (Å²) in [6.45, 7) is 1.64. The van der Waals surface area contributed by atoms with Crippen molar-refractivity contribution in [3.63, 3.8) is 0 Å². The molecule has 1 amide bonds. The standard InChI is InChI=1S/C18H12F4N2O/c1-10-8-13(12-9-11(19)6-7-15(12)23-10)17(25)24-16-5-3-2-4-14(16)18(20,21)22/h2-9H,1H3,(H,24,25).